The third-order valence-corrected chi connectivity index (χ3v) is 22.2. The summed E-state index contributed by atoms with van der Waals surface area (Å²) in [4.78, 5) is 8.72. The van der Waals surface area contributed by atoms with Crippen LogP contribution in [0.5, 0.6) is 0 Å². The predicted octanol–water partition coefficient (Wildman–Crippen LogP) is 8.05. The van der Waals surface area contributed by atoms with E-state index >= 15 is 0 Å². The summed E-state index contributed by atoms with van der Waals surface area (Å²) in [5.41, 5.74) is 9.84. The van der Waals surface area contributed by atoms with E-state index in [9.17, 15) is 0 Å². The van der Waals surface area contributed by atoms with Gasteiger partial charge in [-0.05, 0) is 55.8 Å². The number of rotatable bonds is 12. The Bertz CT molecular complexity index is 1060. The number of aromatic nitrogens is 4. The number of halogens is 1. The van der Waals surface area contributed by atoms with E-state index in [1.165, 1.54) is 6.33 Å². The van der Waals surface area contributed by atoms with Crippen molar-refractivity contribution in [3.05, 3.63) is 10.0 Å². The van der Waals surface area contributed by atoms with Gasteiger partial charge in [0.2, 0.25) is 8.32 Å². The quantitative estimate of drug-likeness (QED) is 0.178. The molecule has 11 heteroatoms. The Morgan fingerprint density at radius 1 is 0.897 bits per heavy atom. The molecule has 0 aliphatic carbocycles. The average Bonchev–Trinajstić information content (AvgIpc) is 3.37. The molecule has 0 aromatic carbocycles. The first-order chi connectivity index (χ1) is 18.1. The van der Waals surface area contributed by atoms with Gasteiger partial charge >= 0.3 is 0 Å². The lowest BCUT2D eigenvalue weighted by molar-refractivity contribution is -0.0436. The lowest BCUT2D eigenvalue weighted by atomic mass is 10.2. The highest BCUT2D eigenvalue weighted by Crippen LogP contribution is 2.47. The minimum Gasteiger partial charge on any atom is -0.413 e. The van der Waals surface area contributed by atoms with Gasteiger partial charge in [-0.1, -0.05) is 83.1 Å². The van der Waals surface area contributed by atoms with Crippen LogP contribution < -0.4 is 5.73 Å². The van der Waals surface area contributed by atoms with Crippen LogP contribution in [0.25, 0.3) is 11.0 Å². The molecule has 2 aromatic rings. The fourth-order valence-electron chi connectivity index (χ4n) is 7.67. The SMILES string of the molecule is CC(C)[Si](OC[C@@H]1O[C@H](n2nc(I)c3c(N)ncnc32)C[C@@H]1O[Si](C(C)C)(C(C)C)C(C)C)(C(C)C)C(C)C. The number of hydrogen-bond acceptors (Lipinski definition) is 7. The maximum atomic E-state index is 7.39. The van der Waals surface area contributed by atoms with E-state index in [0.29, 0.717) is 57.7 Å². The summed E-state index contributed by atoms with van der Waals surface area (Å²) in [7, 11) is -4.25. The second kappa shape index (κ2) is 12.7. The van der Waals surface area contributed by atoms with E-state index in [0.717, 1.165) is 9.09 Å². The molecular formula is C28H52IN5O3Si2. The number of anilines is 1. The van der Waals surface area contributed by atoms with Gasteiger partial charge in [-0.15, -0.1) is 0 Å². The van der Waals surface area contributed by atoms with E-state index in [4.69, 9.17) is 24.4 Å². The topological polar surface area (TPSA) is 97.3 Å². The molecular weight excluding hydrogens is 637 g/mol. The largest absolute Gasteiger partial charge is 0.413 e. The summed E-state index contributed by atoms with van der Waals surface area (Å²) in [6.45, 7) is 28.5. The van der Waals surface area contributed by atoms with Crippen molar-refractivity contribution in [1.29, 1.82) is 0 Å². The van der Waals surface area contributed by atoms with Gasteiger partial charge in [0.1, 0.15) is 21.9 Å². The van der Waals surface area contributed by atoms with Crippen LogP contribution in [0.4, 0.5) is 5.82 Å². The number of fused-ring (bicyclic) bond motifs is 1. The zero-order valence-corrected chi connectivity index (χ0v) is 30.3. The Labute approximate surface area is 251 Å². The van der Waals surface area contributed by atoms with Crippen molar-refractivity contribution in [3.63, 3.8) is 0 Å². The third-order valence-electron chi connectivity index (χ3n) is 9.20. The normalized spacial score (nSPS) is 21.3. The molecule has 222 valence electrons. The Kier molecular flexibility index (Phi) is 10.7. The van der Waals surface area contributed by atoms with Gasteiger partial charge in [0, 0.05) is 6.42 Å². The van der Waals surface area contributed by atoms with Gasteiger partial charge < -0.3 is 19.3 Å². The highest BCUT2D eigenvalue weighted by Gasteiger charge is 2.52. The maximum Gasteiger partial charge on any atom is 0.200 e. The van der Waals surface area contributed by atoms with Crippen LogP contribution in [0.15, 0.2) is 6.33 Å². The lowest BCUT2D eigenvalue weighted by Crippen LogP contribution is -2.53. The van der Waals surface area contributed by atoms with E-state index in [-0.39, 0.29) is 18.4 Å². The molecule has 1 aliphatic heterocycles. The van der Waals surface area contributed by atoms with Crippen molar-refractivity contribution in [2.24, 2.45) is 0 Å². The molecule has 0 saturated carbocycles. The number of nitrogens with zero attached hydrogens (tertiary/aromatic N) is 4. The molecule has 0 unspecified atom stereocenters. The molecule has 0 amide bonds. The molecule has 0 bridgehead atoms. The van der Waals surface area contributed by atoms with Gasteiger partial charge in [-0.25, -0.2) is 14.6 Å². The Morgan fingerprint density at radius 3 is 1.90 bits per heavy atom. The van der Waals surface area contributed by atoms with Crippen LogP contribution in [0.1, 0.15) is 95.7 Å². The highest BCUT2D eigenvalue weighted by atomic mass is 127. The fraction of sp³-hybridized carbons (Fsp3) is 0.821. The van der Waals surface area contributed by atoms with Gasteiger partial charge in [0.05, 0.1) is 18.1 Å². The van der Waals surface area contributed by atoms with Crippen LogP contribution in [0.2, 0.25) is 33.2 Å². The van der Waals surface area contributed by atoms with Crippen molar-refractivity contribution in [1.82, 2.24) is 19.7 Å². The van der Waals surface area contributed by atoms with Gasteiger partial charge in [-0.2, -0.15) is 5.10 Å². The number of nitrogen functional groups attached to an aromatic ring is 1. The number of nitrogens with two attached hydrogens (primary N) is 1. The van der Waals surface area contributed by atoms with Crippen LogP contribution in [0.3, 0.4) is 0 Å². The third kappa shape index (κ3) is 6.00. The fourth-order valence-corrected chi connectivity index (χ4v) is 19.5. The molecule has 1 aliphatic rings. The first-order valence-electron chi connectivity index (χ1n) is 14.7. The van der Waals surface area contributed by atoms with Crippen molar-refractivity contribution in [3.8, 4) is 0 Å². The summed E-state index contributed by atoms with van der Waals surface area (Å²) in [5.74, 6) is 0.439. The van der Waals surface area contributed by atoms with E-state index in [1.54, 1.807) is 0 Å². The molecule has 3 atom stereocenters. The van der Waals surface area contributed by atoms with Crippen LogP contribution in [0, 0.1) is 3.70 Å². The Hall–Kier alpha value is -0.606. The molecule has 1 saturated heterocycles. The molecule has 0 spiro atoms. The van der Waals surface area contributed by atoms with Crippen molar-refractivity contribution >= 4 is 56.1 Å². The molecule has 2 N–H and O–H groups in total. The first-order valence-corrected chi connectivity index (χ1v) is 20.1. The Balaban J connectivity index is 2.03. The predicted molar refractivity (Wildman–Crippen MR) is 174 cm³/mol. The summed E-state index contributed by atoms with van der Waals surface area (Å²) >= 11 is 2.21. The van der Waals surface area contributed by atoms with Gasteiger partial charge in [-0.3, -0.25) is 0 Å². The number of ether oxygens (including phenoxy) is 1. The second-order valence-electron chi connectivity index (χ2n) is 13.2. The van der Waals surface area contributed by atoms with Crippen LogP contribution in [-0.4, -0.2) is 55.2 Å². The van der Waals surface area contributed by atoms with Crippen molar-refractivity contribution in [2.45, 2.75) is 141 Å². The van der Waals surface area contributed by atoms with Gasteiger partial charge in [0.15, 0.2) is 20.2 Å². The molecule has 2 aromatic heterocycles. The summed E-state index contributed by atoms with van der Waals surface area (Å²) in [5, 5.41) is 5.59. The van der Waals surface area contributed by atoms with Crippen LogP contribution in [-0.2, 0) is 13.6 Å². The standard InChI is InChI=1S/C28H52IN5O3Si2/c1-16(2)38(17(3)4,18(5)6)35-14-23-22(37-39(19(7)8,20(9)10)21(11)12)13-24(36-23)34-28-25(26(29)33-34)27(30)31-15-32-28/h15-24H,13-14H2,1-12H3,(H2,30,31,32)/t22-,23-,24-/m0/s1. The summed E-state index contributed by atoms with van der Waals surface area (Å²) in [6.07, 6.45) is 1.62. The zero-order valence-electron chi connectivity index (χ0n) is 26.2. The molecule has 39 heavy (non-hydrogen) atoms. The molecule has 3 rings (SSSR count). The minimum atomic E-state index is -2.16. The Morgan fingerprint density at radius 2 is 1.41 bits per heavy atom. The van der Waals surface area contributed by atoms with E-state index < -0.39 is 16.6 Å². The second-order valence-corrected chi connectivity index (χ2v) is 25.0. The van der Waals surface area contributed by atoms with Gasteiger partial charge in [0.25, 0.3) is 0 Å². The molecule has 0 radical (unpaired) electrons. The lowest BCUT2D eigenvalue weighted by Gasteiger charge is -2.45. The first kappa shape index (κ1) is 32.9. The number of hydrogen-bond donors (Lipinski definition) is 1. The minimum absolute atomic E-state index is 0.0804. The van der Waals surface area contributed by atoms with E-state index in [2.05, 4.69) is 116 Å². The maximum absolute atomic E-state index is 7.39. The zero-order chi connectivity index (χ0) is 29.4. The molecule has 3 heterocycles. The highest BCUT2D eigenvalue weighted by molar-refractivity contribution is 14.1. The van der Waals surface area contributed by atoms with Crippen molar-refractivity contribution in [2.75, 3.05) is 12.3 Å². The van der Waals surface area contributed by atoms with Crippen molar-refractivity contribution < 1.29 is 13.6 Å². The molecule has 8 nitrogen and oxygen atoms in total. The summed E-state index contributed by atoms with van der Waals surface area (Å²) < 4.78 is 24.0. The smallest absolute Gasteiger partial charge is 0.200 e. The molecule has 1 fully saturated rings. The van der Waals surface area contributed by atoms with Crippen LogP contribution >= 0.6 is 22.6 Å². The monoisotopic (exact) mass is 689 g/mol. The average molecular weight is 690 g/mol. The summed E-state index contributed by atoms with van der Waals surface area (Å²) in [6, 6.07) is 0. The van der Waals surface area contributed by atoms with E-state index in [1.807, 2.05) is 4.68 Å².